The number of aromatic nitrogens is 1. The number of methoxy groups -OCH3 is 2. The Morgan fingerprint density at radius 3 is 2.67 bits per heavy atom. The minimum atomic E-state index is 0.0648. The van der Waals surface area contributed by atoms with E-state index in [-0.39, 0.29) is 6.04 Å². The molecule has 1 unspecified atom stereocenters. The molecule has 0 fully saturated rings. The number of ether oxygens (including phenoxy) is 2. The van der Waals surface area contributed by atoms with Gasteiger partial charge in [0.25, 0.3) is 0 Å². The molecule has 4 nitrogen and oxygen atoms in total. The molecule has 1 heterocycles. The highest BCUT2D eigenvalue weighted by Gasteiger charge is 2.19. The number of para-hydroxylation sites is 1. The van der Waals surface area contributed by atoms with Gasteiger partial charge in [-0.2, -0.15) is 0 Å². The number of rotatable bonds is 6. The van der Waals surface area contributed by atoms with Crippen LogP contribution in [0.4, 0.5) is 0 Å². The first-order valence-corrected chi connectivity index (χ1v) is 7.05. The van der Waals surface area contributed by atoms with Gasteiger partial charge in [0, 0.05) is 24.0 Å². The molecule has 1 aromatic carbocycles. The Labute approximate surface area is 130 Å². The molecule has 5 heteroatoms. The van der Waals surface area contributed by atoms with Gasteiger partial charge in [-0.3, -0.25) is 4.98 Å². The first-order chi connectivity index (χ1) is 10.2. The van der Waals surface area contributed by atoms with E-state index in [9.17, 15) is 0 Å². The highest BCUT2D eigenvalue weighted by atomic mass is 35.5. The van der Waals surface area contributed by atoms with Crippen LogP contribution in [0.2, 0.25) is 5.02 Å². The second kappa shape index (κ2) is 7.29. The zero-order valence-corrected chi connectivity index (χ0v) is 13.1. The van der Waals surface area contributed by atoms with Crippen LogP contribution in [0.25, 0.3) is 0 Å². The van der Waals surface area contributed by atoms with Crippen molar-refractivity contribution in [2.45, 2.75) is 12.5 Å². The van der Waals surface area contributed by atoms with E-state index < -0.39 is 0 Å². The molecule has 1 N–H and O–H groups in total. The van der Waals surface area contributed by atoms with Crippen LogP contribution < -0.4 is 14.8 Å². The molecule has 112 valence electrons. The molecule has 0 aliphatic carbocycles. The average molecular weight is 307 g/mol. The van der Waals surface area contributed by atoms with E-state index in [1.54, 1.807) is 26.6 Å². The van der Waals surface area contributed by atoms with Crippen molar-refractivity contribution >= 4 is 11.6 Å². The maximum atomic E-state index is 6.20. The van der Waals surface area contributed by atoms with Gasteiger partial charge in [0.05, 0.1) is 19.2 Å². The largest absolute Gasteiger partial charge is 0.493 e. The third-order valence-corrected chi connectivity index (χ3v) is 3.78. The van der Waals surface area contributed by atoms with E-state index in [0.717, 1.165) is 29.0 Å². The molecule has 0 aliphatic rings. The first kappa shape index (κ1) is 15.6. The second-order valence-electron chi connectivity index (χ2n) is 4.60. The highest BCUT2D eigenvalue weighted by Crippen LogP contribution is 2.36. The van der Waals surface area contributed by atoms with Gasteiger partial charge < -0.3 is 14.8 Å². The predicted molar refractivity (Wildman–Crippen MR) is 84.3 cm³/mol. The topological polar surface area (TPSA) is 43.4 Å². The third kappa shape index (κ3) is 3.46. The third-order valence-electron chi connectivity index (χ3n) is 3.44. The summed E-state index contributed by atoms with van der Waals surface area (Å²) in [6, 6.07) is 7.86. The first-order valence-electron chi connectivity index (χ1n) is 6.67. The predicted octanol–water partition coefficient (Wildman–Crippen LogP) is 3.26. The van der Waals surface area contributed by atoms with Crippen molar-refractivity contribution in [2.75, 3.05) is 21.3 Å². The smallest absolute Gasteiger partial charge is 0.165 e. The van der Waals surface area contributed by atoms with Gasteiger partial charge >= 0.3 is 0 Å². The summed E-state index contributed by atoms with van der Waals surface area (Å²) in [5.41, 5.74) is 2.07. The summed E-state index contributed by atoms with van der Waals surface area (Å²) in [5.74, 6) is 1.46. The van der Waals surface area contributed by atoms with Crippen molar-refractivity contribution in [3.8, 4) is 11.5 Å². The van der Waals surface area contributed by atoms with Crippen LogP contribution in [0.3, 0.4) is 0 Å². The van der Waals surface area contributed by atoms with Crippen molar-refractivity contribution < 1.29 is 9.47 Å². The van der Waals surface area contributed by atoms with Crippen molar-refractivity contribution in [1.29, 1.82) is 0 Å². The van der Waals surface area contributed by atoms with Gasteiger partial charge in [-0.15, -0.1) is 0 Å². The van der Waals surface area contributed by atoms with Crippen molar-refractivity contribution in [3.63, 3.8) is 0 Å². The SMILES string of the molecule is CNC(Cc1ccncc1Cl)c1cccc(OC)c1OC. The van der Waals surface area contributed by atoms with E-state index in [4.69, 9.17) is 21.1 Å². The molecule has 1 aromatic heterocycles. The monoisotopic (exact) mass is 306 g/mol. The summed E-state index contributed by atoms with van der Waals surface area (Å²) in [5, 5.41) is 3.97. The molecule has 2 aromatic rings. The Morgan fingerprint density at radius 2 is 2.05 bits per heavy atom. The van der Waals surface area contributed by atoms with Gasteiger partial charge in [-0.1, -0.05) is 23.7 Å². The van der Waals surface area contributed by atoms with Crippen molar-refractivity contribution in [1.82, 2.24) is 10.3 Å². The lowest BCUT2D eigenvalue weighted by atomic mass is 9.98. The van der Waals surface area contributed by atoms with Crippen LogP contribution in [0, 0.1) is 0 Å². The van der Waals surface area contributed by atoms with E-state index in [2.05, 4.69) is 10.3 Å². The van der Waals surface area contributed by atoms with E-state index in [0.29, 0.717) is 5.02 Å². The molecule has 0 saturated heterocycles. The molecule has 0 spiro atoms. The molecule has 0 bridgehead atoms. The van der Waals surface area contributed by atoms with Crippen LogP contribution in [0.1, 0.15) is 17.2 Å². The number of benzene rings is 1. The lowest BCUT2D eigenvalue weighted by molar-refractivity contribution is 0.347. The minimum Gasteiger partial charge on any atom is -0.493 e. The van der Waals surface area contributed by atoms with Crippen LogP contribution in [-0.4, -0.2) is 26.3 Å². The van der Waals surface area contributed by atoms with Gasteiger partial charge in [0.1, 0.15) is 0 Å². The number of hydrogen-bond acceptors (Lipinski definition) is 4. The average Bonchev–Trinajstić information content (AvgIpc) is 2.53. The molecular weight excluding hydrogens is 288 g/mol. The maximum Gasteiger partial charge on any atom is 0.165 e. The zero-order chi connectivity index (χ0) is 15.2. The Bertz CT molecular complexity index is 605. The Balaban J connectivity index is 2.36. The van der Waals surface area contributed by atoms with E-state index >= 15 is 0 Å². The summed E-state index contributed by atoms with van der Waals surface area (Å²) < 4.78 is 10.9. The van der Waals surface area contributed by atoms with Crippen molar-refractivity contribution in [3.05, 3.63) is 52.8 Å². The molecule has 0 saturated carbocycles. The molecular formula is C16H19ClN2O2. The number of hydrogen-bond donors (Lipinski definition) is 1. The Kier molecular flexibility index (Phi) is 5.42. The number of likely N-dealkylation sites (N-methyl/N-ethyl adjacent to an activating group) is 1. The molecule has 2 rings (SSSR count). The summed E-state index contributed by atoms with van der Waals surface area (Å²) in [4.78, 5) is 4.01. The maximum absolute atomic E-state index is 6.20. The molecule has 0 aliphatic heterocycles. The lowest BCUT2D eigenvalue weighted by Gasteiger charge is -2.21. The van der Waals surface area contributed by atoms with Crippen LogP contribution >= 0.6 is 11.6 Å². The summed E-state index contributed by atoms with van der Waals surface area (Å²) >= 11 is 6.20. The summed E-state index contributed by atoms with van der Waals surface area (Å²) in [7, 11) is 5.20. The normalized spacial score (nSPS) is 12.0. The molecule has 1 atom stereocenters. The molecule has 0 radical (unpaired) electrons. The Morgan fingerprint density at radius 1 is 1.24 bits per heavy atom. The number of halogens is 1. The van der Waals surface area contributed by atoms with Gasteiger partial charge in [0.2, 0.25) is 0 Å². The number of nitrogens with zero attached hydrogens (tertiary/aromatic N) is 1. The zero-order valence-electron chi connectivity index (χ0n) is 12.4. The fourth-order valence-corrected chi connectivity index (χ4v) is 2.54. The lowest BCUT2D eigenvalue weighted by Crippen LogP contribution is -2.20. The van der Waals surface area contributed by atoms with Crippen LogP contribution in [-0.2, 0) is 6.42 Å². The number of nitrogens with one attached hydrogen (secondary N) is 1. The van der Waals surface area contributed by atoms with Crippen LogP contribution in [0.5, 0.6) is 11.5 Å². The summed E-state index contributed by atoms with van der Waals surface area (Å²) in [6.45, 7) is 0. The quantitative estimate of drug-likeness (QED) is 0.889. The minimum absolute atomic E-state index is 0.0648. The van der Waals surface area contributed by atoms with Crippen molar-refractivity contribution in [2.24, 2.45) is 0 Å². The molecule has 21 heavy (non-hydrogen) atoms. The second-order valence-corrected chi connectivity index (χ2v) is 5.00. The van der Waals surface area contributed by atoms with E-state index in [1.165, 1.54) is 0 Å². The van der Waals surface area contributed by atoms with Gasteiger partial charge in [-0.25, -0.2) is 0 Å². The fraction of sp³-hybridized carbons (Fsp3) is 0.312. The van der Waals surface area contributed by atoms with Crippen LogP contribution in [0.15, 0.2) is 36.7 Å². The van der Waals surface area contributed by atoms with Gasteiger partial charge in [0.15, 0.2) is 11.5 Å². The summed E-state index contributed by atoms with van der Waals surface area (Å²) in [6.07, 6.45) is 4.14. The highest BCUT2D eigenvalue weighted by molar-refractivity contribution is 6.31. The van der Waals surface area contributed by atoms with Gasteiger partial charge in [-0.05, 0) is 31.2 Å². The fourth-order valence-electron chi connectivity index (χ4n) is 2.34. The Hall–Kier alpha value is -1.78. The molecule has 0 amide bonds. The standard InChI is InChI=1S/C16H19ClN2O2/c1-18-14(9-11-7-8-19-10-13(11)17)12-5-4-6-15(20-2)16(12)21-3/h4-8,10,14,18H,9H2,1-3H3. The number of pyridine rings is 1. The van der Waals surface area contributed by atoms with E-state index in [1.807, 2.05) is 31.3 Å².